The SMILES string of the molecule is C=NC(N)=N/C(=C\C)c1ccc(F)cc1. The molecule has 15 heavy (non-hydrogen) atoms. The number of rotatable bonds is 2. The van der Waals surface area contributed by atoms with Crippen LogP contribution in [0.3, 0.4) is 0 Å². The van der Waals surface area contributed by atoms with E-state index in [-0.39, 0.29) is 11.8 Å². The summed E-state index contributed by atoms with van der Waals surface area (Å²) in [5.41, 5.74) is 6.84. The molecule has 0 aliphatic carbocycles. The number of allylic oxidation sites excluding steroid dienone is 1. The summed E-state index contributed by atoms with van der Waals surface area (Å²) < 4.78 is 12.7. The quantitative estimate of drug-likeness (QED) is 0.584. The van der Waals surface area contributed by atoms with Crippen molar-refractivity contribution < 1.29 is 4.39 Å². The van der Waals surface area contributed by atoms with Crippen LogP contribution in [0.4, 0.5) is 4.39 Å². The summed E-state index contributed by atoms with van der Waals surface area (Å²) in [7, 11) is 0. The molecule has 0 aliphatic rings. The smallest absolute Gasteiger partial charge is 0.219 e. The number of hydrogen-bond acceptors (Lipinski definition) is 1. The van der Waals surface area contributed by atoms with E-state index in [0.717, 1.165) is 5.56 Å². The topological polar surface area (TPSA) is 50.7 Å². The molecule has 0 saturated heterocycles. The molecule has 0 fully saturated rings. The maximum atomic E-state index is 12.7. The second kappa shape index (κ2) is 5.05. The van der Waals surface area contributed by atoms with Gasteiger partial charge in [-0.2, -0.15) is 0 Å². The normalized spacial score (nSPS) is 12.7. The highest BCUT2D eigenvalue weighted by Gasteiger charge is 1.99. The molecule has 0 amide bonds. The van der Waals surface area contributed by atoms with Gasteiger partial charge in [0.05, 0.1) is 5.70 Å². The lowest BCUT2D eigenvalue weighted by molar-refractivity contribution is 0.627. The van der Waals surface area contributed by atoms with Crippen molar-refractivity contribution in [1.29, 1.82) is 0 Å². The highest BCUT2D eigenvalue weighted by Crippen LogP contribution is 2.16. The molecule has 0 atom stereocenters. The van der Waals surface area contributed by atoms with E-state index in [4.69, 9.17) is 5.73 Å². The van der Waals surface area contributed by atoms with Crippen molar-refractivity contribution in [3.63, 3.8) is 0 Å². The molecule has 0 saturated carbocycles. The first-order valence-corrected chi connectivity index (χ1v) is 4.40. The average molecular weight is 205 g/mol. The van der Waals surface area contributed by atoms with Crippen LogP contribution in [0.2, 0.25) is 0 Å². The van der Waals surface area contributed by atoms with Crippen molar-refractivity contribution in [1.82, 2.24) is 0 Å². The summed E-state index contributed by atoms with van der Waals surface area (Å²) in [5.74, 6) is -0.194. The minimum absolute atomic E-state index is 0.0902. The third-order valence-electron chi connectivity index (χ3n) is 1.81. The molecular formula is C11H12FN3. The van der Waals surface area contributed by atoms with Gasteiger partial charge in [-0.3, -0.25) is 0 Å². The predicted octanol–water partition coefficient (Wildman–Crippen LogP) is 2.20. The van der Waals surface area contributed by atoms with E-state index in [1.165, 1.54) is 12.1 Å². The van der Waals surface area contributed by atoms with Crippen molar-refractivity contribution in [2.24, 2.45) is 15.7 Å². The number of aliphatic imine (C=N–C) groups is 2. The Balaban J connectivity index is 3.04. The number of nitrogens with two attached hydrogens (primary N) is 1. The number of hydrogen-bond donors (Lipinski definition) is 1. The summed E-state index contributed by atoms with van der Waals surface area (Å²) in [4.78, 5) is 7.50. The van der Waals surface area contributed by atoms with Gasteiger partial charge in [-0.15, -0.1) is 0 Å². The molecule has 1 aromatic rings. The van der Waals surface area contributed by atoms with Gasteiger partial charge in [0.15, 0.2) is 0 Å². The van der Waals surface area contributed by atoms with E-state index < -0.39 is 0 Å². The first kappa shape index (κ1) is 11.1. The van der Waals surface area contributed by atoms with Gasteiger partial charge in [-0.1, -0.05) is 6.08 Å². The largest absolute Gasteiger partial charge is 0.368 e. The third kappa shape index (κ3) is 3.02. The lowest BCUT2D eigenvalue weighted by Crippen LogP contribution is -2.07. The molecule has 1 rings (SSSR count). The van der Waals surface area contributed by atoms with Crippen LogP contribution in [-0.4, -0.2) is 12.7 Å². The van der Waals surface area contributed by atoms with E-state index in [9.17, 15) is 4.39 Å². The zero-order valence-electron chi connectivity index (χ0n) is 8.44. The Bertz CT molecular complexity index is 404. The molecule has 2 N–H and O–H groups in total. The van der Waals surface area contributed by atoms with Crippen LogP contribution in [0.1, 0.15) is 12.5 Å². The molecule has 0 radical (unpaired) electrons. The number of benzene rings is 1. The molecule has 0 aliphatic heterocycles. The first-order chi connectivity index (χ1) is 7.17. The Morgan fingerprint density at radius 2 is 2.00 bits per heavy atom. The fourth-order valence-electron chi connectivity index (χ4n) is 1.08. The highest BCUT2D eigenvalue weighted by molar-refractivity contribution is 5.87. The maximum Gasteiger partial charge on any atom is 0.219 e. The lowest BCUT2D eigenvalue weighted by atomic mass is 10.1. The summed E-state index contributed by atoms with van der Waals surface area (Å²) >= 11 is 0. The zero-order chi connectivity index (χ0) is 11.3. The Morgan fingerprint density at radius 1 is 1.40 bits per heavy atom. The van der Waals surface area contributed by atoms with Gasteiger partial charge in [0, 0.05) is 5.56 Å². The van der Waals surface area contributed by atoms with Crippen LogP contribution in [0.15, 0.2) is 40.3 Å². The van der Waals surface area contributed by atoms with Gasteiger partial charge in [0.2, 0.25) is 5.96 Å². The Morgan fingerprint density at radius 3 is 2.47 bits per heavy atom. The van der Waals surface area contributed by atoms with Crippen LogP contribution < -0.4 is 5.73 Å². The standard InChI is InChI=1S/C11H12FN3/c1-3-10(15-11(13)14-2)8-4-6-9(12)7-5-8/h3-7H,2H2,1H3,(H2,13,15)/b10-3-. The number of guanidine groups is 1. The van der Waals surface area contributed by atoms with Crippen molar-refractivity contribution >= 4 is 18.4 Å². The number of halogens is 1. The van der Waals surface area contributed by atoms with E-state index >= 15 is 0 Å². The average Bonchev–Trinajstić information content (AvgIpc) is 2.27. The van der Waals surface area contributed by atoms with Gasteiger partial charge in [-0.25, -0.2) is 14.4 Å². The minimum Gasteiger partial charge on any atom is -0.368 e. The molecule has 3 nitrogen and oxygen atoms in total. The van der Waals surface area contributed by atoms with Crippen LogP contribution in [-0.2, 0) is 0 Å². The van der Waals surface area contributed by atoms with Crippen LogP contribution in [0.5, 0.6) is 0 Å². The summed E-state index contributed by atoms with van der Waals surface area (Å²) in [6.45, 7) is 5.08. The second-order valence-corrected chi connectivity index (χ2v) is 2.81. The van der Waals surface area contributed by atoms with Crippen molar-refractivity contribution in [2.45, 2.75) is 6.92 Å². The van der Waals surface area contributed by atoms with Gasteiger partial charge >= 0.3 is 0 Å². The Hall–Kier alpha value is -1.97. The third-order valence-corrected chi connectivity index (χ3v) is 1.81. The van der Waals surface area contributed by atoms with E-state index in [0.29, 0.717) is 5.70 Å². The van der Waals surface area contributed by atoms with Gasteiger partial charge in [-0.05, 0) is 37.9 Å². The molecule has 1 aromatic carbocycles. The second-order valence-electron chi connectivity index (χ2n) is 2.81. The van der Waals surface area contributed by atoms with Crippen LogP contribution in [0.25, 0.3) is 5.70 Å². The monoisotopic (exact) mass is 205 g/mol. The summed E-state index contributed by atoms with van der Waals surface area (Å²) in [6, 6.07) is 5.99. The van der Waals surface area contributed by atoms with Gasteiger partial charge in [0.1, 0.15) is 5.82 Å². The predicted molar refractivity (Wildman–Crippen MR) is 61.2 cm³/mol. The molecule has 4 heteroatoms. The lowest BCUT2D eigenvalue weighted by Gasteiger charge is -2.01. The minimum atomic E-state index is -0.284. The van der Waals surface area contributed by atoms with E-state index in [1.54, 1.807) is 18.2 Å². The molecule has 0 spiro atoms. The fraction of sp³-hybridized carbons (Fsp3) is 0.0909. The van der Waals surface area contributed by atoms with Crippen LogP contribution in [0, 0.1) is 5.82 Å². The Kier molecular flexibility index (Phi) is 3.74. The van der Waals surface area contributed by atoms with Gasteiger partial charge < -0.3 is 5.73 Å². The number of nitrogens with zero attached hydrogens (tertiary/aromatic N) is 2. The zero-order valence-corrected chi connectivity index (χ0v) is 8.44. The van der Waals surface area contributed by atoms with Gasteiger partial charge in [0.25, 0.3) is 0 Å². The van der Waals surface area contributed by atoms with Crippen molar-refractivity contribution in [3.05, 3.63) is 41.7 Å². The maximum absolute atomic E-state index is 12.7. The first-order valence-electron chi connectivity index (χ1n) is 4.40. The highest BCUT2D eigenvalue weighted by atomic mass is 19.1. The Labute approximate surface area is 87.9 Å². The molecule has 0 unspecified atom stereocenters. The van der Waals surface area contributed by atoms with Crippen molar-refractivity contribution in [2.75, 3.05) is 0 Å². The molecule has 0 aromatic heterocycles. The fourth-order valence-corrected chi connectivity index (χ4v) is 1.08. The molecule has 78 valence electrons. The van der Waals surface area contributed by atoms with E-state index in [2.05, 4.69) is 16.7 Å². The molecular weight excluding hydrogens is 193 g/mol. The summed E-state index contributed by atoms with van der Waals surface area (Å²) in [6.07, 6.45) is 1.77. The van der Waals surface area contributed by atoms with E-state index in [1.807, 2.05) is 6.92 Å². The van der Waals surface area contributed by atoms with Crippen molar-refractivity contribution in [3.8, 4) is 0 Å². The molecule has 0 heterocycles. The summed E-state index contributed by atoms with van der Waals surface area (Å²) in [5, 5.41) is 0. The van der Waals surface area contributed by atoms with Crippen LogP contribution >= 0.6 is 0 Å². The molecule has 0 bridgehead atoms.